The van der Waals surface area contributed by atoms with Gasteiger partial charge in [0.2, 0.25) is 0 Å². The molecule has 1 rings (SSSR count). The molecule has 1 N–H and O–H groups in total. The zero-order valence-electron chi connectivity index (χ0n) is 11.0. The molecule has 2 unspecified atom stereocenters. The van der Waals surface area contributed by atoms with Crippen LogP contribution < -0.4 is 5.32 Å². The minimum Gasteiger partial charge on any atom is -0.328 e. The van der Waals surface area contributed by atoms with Gasteiger partial charge in [0.15, 0.2) is 0 Å². The lowest BCUT2D eigenvalue weighted by Gasteiger charge is -2.38. The summed E-state index contributed by atoms with van der Waals surface area (Å²) < 4.78 is 0. The molecular weight excluding hydrogens is 202 g/mol. The van der Waals surface area contributed by atoms with Gasteiger partial charge >= 0.3 is 6.03 Å². The predicted octanol–water partition coefficient (Wildman–Crippen LogP) is 1.38. The third-order valence-corrected chi connectivity index (χ3v) is 3.44. The molecule has 0 radical (unpaired) electrons. The van der Waals surface area contributed by atoms with Gasteiger partial charge in [-0.05, 0) is 25.8 Å². The Balaban J connectivity index is 2.47. The lowest BCUT2D eigenvalue weighted by atomic mass is 9.94. The van der Waals surface area contributed by atoms with Gasteiger partial charge in [0.1, 0.15) is 0 Å². The van der Waals surface area contributed by atoms with E-state index in [-0.39, 0.29) is 6.03 Å². The van der Waals surface area contributed by atoms with Gasteiger partial charge in [-0.2, -0.15) is 0 Å². The first-order valence-electron chi connectivity index (χ1n) is 6.33. The van der Waals surface area contributed by atoms with Crippen molar-refractivity contribution in [3.63, 3.8) is 0 Å². The molecule has 2 atom stereocenters. The van der Waals surface area contributed by atoms with E-state index in [1.54, 1.807) is 4.90 Å². The summed E-state index contributed by atoms with van der Waals surface area (Å²) in [5, 5.41) is 3.49. The molecule has 0 aromatic rings. The molecule has 1 aliphatic heterocycles. The number of nitrogens with zero attached hydrogens (tertiary/aromatic N) is 2. The number of nitrogens with one attached hydrogen (secondary N) is 1. The minimum absolute atomic E-state index is 0.171. The third-order valence-electron chi connectivity index (χ3n) is 3.44. The number of hydrogen-bond acceptors (Lipinski definition) is 2. The average Bonchev–Trinajstić information content (AvgIpc) is 2.30. The van der Waals surface area contributed by atoms with Gasteiger partial charge < -0.3 is 15.1 Å². The van der Waals surface area contributed by atoms with Crippen LogP contribution in [0.15, 0.2) is 0 Å². The number of hydrogen-bond donors (Lipinski definition) is 1. The lowest BCUT2D eigenvalue weighted by Crippen LogP contribution is -2.52. The topological polar surface area (TPSA) is 35.6 Å². The van der Waals surface area contributed by atoms with Crippen molar-refractivity contribution in [1.82, 2.24) is 15.1 Å². The van der Waals surface area contributed by atoms with Crippen LogP contribution in [-0.4, -0.2) is 55.1 Å². The second-order valence-electron chi connectivity index (χ2n) is 4.67. The van der Waals surface area contributed by atoms with Crippen molar-refractivity contribution in [2.75, 3.05) is 33.2 Å². The van der Waals surface area contributed by atoms with Crippen LogP contribution in [0, 0.1) is 5.92 Å². The van der Waals surface area contributed by atoms with Crippen molar-refractivity contribution < 1.29 is 4.79 Å². The maximum Gasteiger partial charge on any atom is 0.319 e. The highest BCUT2D eigenvalue weighted by Gasteiger charge is 2.28. The number of piperidine rings is 1. The van der Waals surface area contributed by atoms with Gasteiger partial charge in [-0.1, -0.05) is 13.8 Å². The second-order valence-corrected chi connectivity index (χ2v) is 4.67. The maximum atomic E-state index is 12.0. The Labute approximate surface area is 99.0 Å². The SMILES string of the molecule is CCNC1CCN(C(=O)N(C)CC)CC1C. The first kappa shape index (κ1) is 13.3. The highest BCUT2D eigenvalue weighted by molar-refractivity contribution is 5.74. The standard InChI is InChI=1S/C12H25N3O/c1-5-13-11-7-8-15(9-10(11)3)12(16)14(4)6-2/h10-11,13H,5-9H2,1-4H3. The zero-order chi connectivity index (χ0) is 12.1. The molecular formula is C12H25N3O. The highest BCUT2D eigenvalue weighted by atomic mass is 16.2. The van der Waals surface area contributed by atoms with E-state index >= 15 is 0 Å². The largest absolute Gasteiger partial charge is 0.328 e. The molecule has 1 heterocycles. The highest BCUT2D eigenvalue weighted by Crippen LogP contribution is 2.17. The van der Waals surface area contributed by atoms with E-state index in [4.69, 9.17) is 0 Å². The number of carbonyl (C=O) groups excluding carboxylic acids is 1. The minimum atomic E-state index is 0.171. The van der Waals surface area contributed by atoms with Gasteiger partial charge in [-0.15, -0.1) is 0 Å². The van der Waals surface area contributed by atoms with Crippen LogP contribution in [0.5, 0.6) is 0 Å². The molecule has 2 amide bonds. The summed E-state index contributed by atoms with van der Waals surface area (Å²) in [6.45, 7) is 9.91. The molecule has 1 fully saturated rings. The number of amides is 2. The van der Waals surface area contributed by atoms with E-state index in [9.17, 15) is 4.79 Å². The first-order chi connectivity index (χ1) is 7.60. The summed E-state index contributed by atoms with van der Waals surface area (Å²) in [5.41, 5.74) is 0. The number of carbonyl (C=O) groups is 1. The molecule has 0 aromatic heterocycles. The van der Waals surface area contributed by atoms with E-state index < -0.39 is 0 Å². The van der Waals surface area contributed by atoms with Crippen LogP contribution in [0.4, 0.5) is 4.79 Å². The van der Waals surface area contributed by atoms with E-state index in [1.807, 2.05) is 18.9 Å². The molecule has 0 spiro atoms. The van der Waals surface area contributed by atoms with Crippen molar-refractivity contribution in [1.29, 1.82) is 0 Å². The van der Waals surface area contributed by atoms with Gasteiger partial charge in [-0.25, -0.2) is 4.79 Å². The third kappa shape index (κ3) is 3.11. The van der Waals surface area contributed by atoms with Crippen molar-refractivity contribution in [2.24, 2.45) is 5.92 Å². The van der Waals surface area contributed by atoms with Gasteiger partial charge in [0, 0.05) is 32.7 Å². The van der Waals surface area contributed by atoms with E-state index in [0.717, 1.165) is 32.6 Å². The van der Waals surface area contributed by atoms with Crippen molar-refractivity contribution in [3.05, 3.63) is 0 Å². The van der Waals surface area contributed by atoms with Crippen molar-refractivity contribution >= 4 is 6.03 Å². The Morgan fingerprint density at radius 3 is 2.69 bits per heavy atom. The van der Waals surface area contributed by atoms with Crippen LogP contribution in [0.25, 0.3) is 0 Å². The van der Waals surface area contributed by atoms with E-state index in [1.165, 1.54) is 0 Å². The lowest BCUT2D eigenvalue weighted by molar-refractivity contribution is 0.127. The summed E-state index contributed by atoms with van der Waals surface area (Å²) in [5.74, 6) is 0.544. The summed E-state index contributed by atoms with van der Waals surface area (Å²) in [6.07, 6.45) is 1.07. The zero-order valence-corrected chi connectivity index (χ0v) is 11.0. The Morgan fingerprint density at radius 2 is 2.19 bits per heavy atom. The van der Waals surface area contributed by atoms with E-state index in [0.29, 0.717) is 12.0 Å². The van der Waals surface area contributed by atoms with Crippen LogP contribution in [0.3, 0.4) is 0 Å². The number of urea groups is 1. The van der Waals surface area contributed by atoms with Crippen LogP contribution in [0.2, 0.25) is 0 Å². The Bertz CT molecular complexity index is 232. The molecule has 0 aliphatic carbocycles. The quantitative estimate of drug-likeness (QED) is 0.790. The molecule has 16 heavy (non-hydrogen) atoms. The second kappa shape index (κ2) is 6.09. The summed E-state index contributed by atoms with van der Waals surface area (Å²) >= 11 is 0. The van der Waals surface area contributed by atoms with Crippen molar-refractivity contribution in [3.8, 4) is 0 Å². The fraction of sp³-hybridized carbons (Fsp3) is 0.917. The molecule has 4 nitrogen and oxygen atoms in total. The smallest absolute Gasteiger partial charge is 0.319 e. The Hall–Kier alpha value is -0.770. The fourth-order valence-corrected chi connectivity index (χ4v) is 2.26. The fourth-order valence-electron chi connectivity index (χ4n) is 2.26. The Morgan fingerprint density at radius 1 is 1.50 bits per heavy atom. The first-order valence-corrected chi connectivity index (χ1v) is 6.33. The Kier molecular flexibility index (Phi) is 5.06. The average molecular weight is 227 g/mol. The van der Waals surface area contributed by atoms with Gasteiger partial charge in [0.05, 0.1) is 0 Å². The molecule has 1 aliphatic rings. The molecule has 1 saturated heterocycles. The molecule has 94 valence electrons. The van der Waals surface area contributed by atoms with Gasteiger partial charge in [0.25, 0.3) is 0 Å². The monoisotopic (exact) mass is 227 g/mol. The van der Waals surface area contributed by atoms with Crippen LogP contribution in [-0.2, 0) is 0 Å². The summed E-state index contributed by atoms with van der Waals surface area (Å²) in [4.78, 5) is 15.7. The number of rotatable bonds is 3. The van der Waals surface area contributed by atoms with E-state index in [2.05, 4.69) is 19.2 Å². The normalized spacial score (nSPS) is 25.6. The summed E-state index contributed by atoms with van der Waals surface area (Å²) in [7, 11) is 1.86. The molecule has 0 bridgehead atoms. The molecule has 4 heteroatoms. The molecule has 0 saturated carbocycles. The maximum absolute atomic E-state index is 12.0. The molecule has 0 aromatic carbocycles. The number of likely N-dealkylation sites (tertiary alicyclic amines) is 1. The van der Waals surface area contributed by atoms with Gasteiger partial charge in [-0.3, -0.25) is 0 Å². The predicted molar refractivity (Wildman–Crippen MR) is 66.5 cm³/mol. The van der Waals surface area contributed by atoms with Crippen LogP contribution >= 0.6 is 0 Å². The van der Waals surface area contributed by atoms with Crippen molar-refractivity contribution in [2.45, 2.75) is 33.2 Å². The van der Waals surface area contributed by atoms with Crippen LogP contribution in [0.1, 0.15) is 27.2 Å². The summed E-state index contributed by atoms with van der Waals surface area (Å²) in [6, 6.07) is 0.741.